The Labute approximate surface area is 116 Å². The Balaban J connectivity index is 2.15. The lowest BCUT2D eigenvalue weighted by molar-refractivity contribution is 0.626. The average molecular weight is 273 g/mol. The Morgan fingerprint density at radius 2 is 1.89 bits per heavy atom. The molecule has 96 valence electrons. The largest absolute Gasteiger partial charge is 0.454 e. The molecule has 0 N–H and O–H groups in total. The van der Waals surface area contributed by atoms with E-state index >= 15 is 0 Å². The van der Waals surface area contributed by atoms with Crippen molar-refractivity contribution in [3.05, 3.63) is 47.4 Å². The van der Waals surface area contributed by atoms with Crippen LogP contribution in [0.4, 0.5) is 0 Å². The zero-order chi connectivity index (χ0) is 13.4. The van der Waals surface area contributed by atoms with Gasteiger partial charge in [-0.2, -0.15) is 0 Å². The molecular formula is C15H13ClN2O. The lowest BCUT2D eigenvalue weighted by atomic mass is 10.2. The van der Waals surface area contributed by atoms with Gasteiger partial charge in [0, 0.05) is 17.4 Å². The summed E-state index contributed by atoms with van der Waals surface area (Å²) in [4.78, 5) is 8.73. The van der Waals surface area contributed by atoms with Crippen LogP contribution >= 0.6 is 11.6 Å². The van der Waals surface area contributed by atoms with Crippen LogP contribution in [0.25, 0.3) is 22.4 Å². The fourth-order valence-electron chi connectivity index (χ4n) is 1.93. The maximum absolute atomic E-state index is 6.05. The summed E-state index contributed by atoms with van der Waals surface area (Å²) in [6.07, 6.45) is 0. The molecule has 4 heteroatoms. The van der Waals surface area contributed by atoms with Crippen LogP contribution < -0.4 is 0 Å². The van der Waals surface area contributed by atoms with Crippen LogP contribution in [0, 0.1) is 0 Å². The summed E-state index contributed by atoms with van der Waals surface area (Å²) in [6, 6.07) is 11.6. The van der Waals surface area contributed by atoms with Crippen molar-refractivity contribution in [2.75, 3.05) is 0 Å². The number of furan rings is 1. The van der Waals surface area contributed by atoms with Gasteiger partial charge in [0.1, 0.15) is 22.3 Å². The van der Waals surface area contributed by atoms with Gasteiger partial charge in [-0.25, -0.2) is 9.97 Å². The Morgan fingerprint density at radius 3 is 2.63 bits per heavy atom. The molecule has 0 saturated carbocycles. The molecule has 19 heavy (non-hydrogen) atoms. The van der Waals surface area contributed by atoms with Crippen LogP contribution in [0.3, 0.4) is 0 Å². The molecule has 3 rings (SSSR count). The SMILES string of the molecule is CC(C)c1nc(Cl)cc(-c2cc3ccccc3o2)n1. The summed E-state index contributed by atoms with van der Waals surface area (Å²) >= 11 is 6.05. The number of rotatable bonds is 2. The van der Waals surface area contributed by atoms with Gasteiger partial charge in [-0.3, -0.25) is 0 Å². The van der Waals surface area contributed by atoms with Crippen LogP contribution in [0.2, 0.25) is 5.15 Å². The second-order valence-electron chi connectivity index (χ2n) is 4.74. The van der Waals surface area contributed by atoms with Crippen LogP contribution in [0.15, 0.2) is 40.8 Å². The van der Waals surface area contributed by atoms with Crippen LogP contribution in [-0.4, -0.2) is 9.97 Å². The van der Waals surface area contributed by atoms with E-state index in [1.807, 2.05) is 44.2 Å². The minimum absolute atomic E-state index is 0.224. The number of benzene rings is 1. The molecule has 0 unspecified atom stereocenters. The summed E-state index contributed by atoms with van der Waals surface area (Å²) < 4.78 is 5.79. The van der Waals surface area contributed by atoms with Crippen molar-refractivity contribution >= 4 is 22.6 Å². The van der Waals surface area contributed by atoms with Crippen molar-refractivity contribution in [3.8, 4) is 11.5 Å². The van der Waals surface area contributed by atoms with Crippen LogP contribution in [0.5, 0.6) is 0 Å². The summed E-state index contributed by atoms with van der Waals surface area (Å²) in [5.74, 6) is 1.66. The molecular weight excluding hydrogens is 260 g/mol. The summed E-state index contributed by atoms with van der Waals surface area (Å²) in [7, 11) is 0. The lowest BCUT2D eigenvalue weighted by Gasteiger charge is -2.05. The number of hydrogen-bond donors (Lipinski definition) is 0. The zero-order valence-electron chi connectivity index (χ0n) is 10.7. The van der Waals surface area contributed by atoms with E-state index in [0.717, 1.165) is 22.5 Å². The minimum Gasteiger partial charge on any atom is -0.454 e. The number of fused-ring (bicyclic) bond motifs is 1. The molecule has 0 bridgehead atoms. The highest BCUT2D eigenvalue weighted by atomic mass is 35.5. The molecule has 0 fully saturated rings. The number of para-hydroxylation sites is 1. The molecule has 0 aliphatic rings. The molecule has 0 radical (unpaired) electrons. The molecule has 0 aliphatic heterocycles. The highest BCUT2D eigenvalue weighted by Crippen LogP contribution is 2.28. The Bertz CT molecular complexity index is 701. The third-order valence-corrected chi connectivity index (χ3v) is 3.10. The van der Waals surface area contributed by atoms with Crippen molar-refractivity contribution in [1.82, 2.24) is 9.97 Å². The molecule has 2 aromatic heterocycles. The van der Waals surface area contributed by atoms with Gasteiger partial charge >= 0.3 is 0 Å². The summed E-state index contributed by atoms with van der Waals surface area (Å²) in [6.45, 7) is 4.07. The van der Waals surface area contributed by atoms with Gasteiger partial charge in [-0.1, -0.05) is 43.6 Å². The van der Waals surface area contributed by atoms with Crippen LogP contribution in [-0.2, 0) is 0 Å². The summed E-state index contributed by atoms with van der Waals surface area (Å²) in [5, 5.41) is 1.49. The molecule has 0 amide bonds. The number of halogens is 1. The molecule has 3 aromatic rings. The average Bonchev–Trinajstić information content (AvgIpc) is 2.81. The van der Waals surface area contributed by atoms with E-state index in [1.54, 1.807) is 6.07 Å². The normalized spacial score (nSPS) is 11.4. The van der Waals surface area contributed by atoms with Gasteiger partial charge < -0.3 is 4.42 Å². The van der Waals surface area contributed by atoms with E-state index in [1.165, 1.54) is 0 Å². The van der Waals surface area contributed by atoms with Gasteiger partial charge in [-0.05, 0) is 12.1 Å². The Morgan fingerprint density at radius 1 is 1.11 bits per heavy atom. The molecule has 0 aliphatic carbocycles. The summed E-state index contributed by atoms with van der Waals surface area (Å²) in [5.41, 5.74) is 1.57. The van der Waals surface area contributed by atoms with E-state index in [2.05, 4.69) is 9.97 Å². The molecule has 0 atom stereocenters. The van der Waals surface area contributed by atoms with Gasteiger partial charge in [-0.15, -0.1) is 0 Å². The van der Waals surface area contributed by atoms with E-state index in [0.29, 0.717) is 10.9 Å². The maximum atomic E-state index is 6.05. The van der Waals surface area contributed by atoms with E-state index in [-0.39, 0.29) is 5.92 Å². The predicted octanol–water partition coefficient (Wildman–Crippen LogP) is 4.67. The molecule has 0 saturated heterocycles. The first-order chi connectivity index (χ1) is 9.13. The number of nitrogens with zero attached hydrogens (tertiary/aromatic N) is 2. The standard InChI is InChI=1S/C15H13ClN2O/c1-9(2)15-17-11(8-14(16)18-15)13-7-10-5-3-4-6-12(10)19-13/h3-9H,1-2H3. The van der Waals surface area contributed by atoms with Crippen molar-refractivity contribution in [1.29, 1.82) is 0 Å². The molecule has 2 heterocycles. The first-order valence-electron chi connectivity index (χ1n) is 6.17. The number of hydrogen-bond acceptors (Lipinski definition) is 3. The first kappa shape index (κ1) is 12.2. The smallest absolute Gasteiger partial charge is 0.153 e. The monoisotopic (exact) mass is 272 g/mol. The minimum atomic E-state index is 0.224. The van der Waals surface area contributed by atoms with Crippen LogP contribution in [0.1, 0.15) is 25.6 Å². The van der Waals surface area contributed by atoms with Gasteiger partial charge in [0.15, 0.2) is 5.76 Å². The molecule has 0 spiro atoms. The van der Waals surface area contributed by atoms with E-state index in [9.17, 15) is 0 Å². The third-order valence-electron chi connectivity index (χ3n) is 2.91. The van der Waals surface area contributed by atoms with Crippen molar-refractivity contribution in [3.63, 3.8) is 0 Å². The molecule has 3 nitrogen and oxygen atoms in total. The number of aromatic nitrogens is 2. The highest BCUT2D eigenvalue weighted by molar-refractivity contribution is 6.29. The first-order valence-corrected chi connectivity index (χ1v) is 6.55. The topological polar surface area (TPSA) is 38.9 Å². The second-order valence-corrected chi connectivity index (χ2v) is 5.12. The van der Waals surface area contributed by atoms with Crippen molar-refractivity contribution in [2.45, 2.75) is 19.8 Å². The lowest BCUT2D eigenvalue weighted by Crippen LogP contribution is -1.98. The highest BCUT2D eigenvalue weighted by Gasteiger charge is 2.12. The zero-order valence-corrected chi connectivity index (χ0v) is 11.5. The van der Waals surface area contributed by atoms with Gasteiger partial charge in [0.05, 0.1) is 0 Å². The second kappa shape index (κ2) is 4.67. The Hall–Kier alpha value is -1.87. The Kier molecular flexibility index (Phi) is 2.99. The van der Waals surface area contributed by atoms with E-state index in [4.69, 9.17) is 16.0 Å². The fourth-order valence-corrected chi connectivity index (χ4v) is 2.12. The van der Waals surface area contributed by atoms with Gasteiger partial charge in [0.25, 0.3) is 0 Å². The maximum Gasteiger partial charge on any atom is 0.153 e. The van der Waals surface area contributed by atoms with Gasteiger partial charge in [0.2, 0.25) is 0 Å². The quantitative estimate of drug-likeness (QED) is 0.637. The molecule has 1 aromatic carbocycles. The third kappa shape index (κ3) is 2.34. The predicted molar refractivity (Wildman–Crippen MR) is 76.3 cm³/mol. The van der Waals surface area contributed by atoms with Crippen molar-refractivity contribution in [2.24, 2.45) is 0 Å². The fraction of sp³-hybridized carbons (Fsp3) is 0.200. The van der Waals surface area contributed by atoms with Crippen molar-refractivity contribution < 1.29 is 4.42 Å². The van der Waals surface area contributed by atoms with E-state index < -0.39 is 0 Å².